The van der Waals surface area contributed by atoms with Crippen molar-refractivity contribution in [1.82, 2.24) is 10.6 Å². The Kier molecular flexibility index (Phi) is 4.81. The SMILES string of the molecule is CCNC(=O)[C@H](C)NC(=O)[C@H]1C[C@H]1c1ccc(Br)cc1. The highest BCUT2D eigenvalue weighted by atomic mass is 79.9. The highest BCUT2D eigenvalue weighted by Crippen LogP contribution is 2.47. The summed E-state index contributed by atoms with van der Waals surface area (Å²) in [5, 5.41) is 5.48. The maximum atomic E-state index is 12.1. The van der Waals surface area contributed by atoms with Crippen LogP contribution in [0.1, 0.15) is 31.7 Å². The van der Waals surface area contributed by atoms with Crippen LogP contribution in [0.2, 0.25) is 0 Å². The summed E-state index contributed by atoms with van der Waals surface area (Å²) in [5.41, 5.74) is 1.18. The molecule has 0 unspecified atom stereocenters. The van der Waals surface area contributed by atoms with Gasteiger partial charge in [-0.3, -0.25) is 9.59 Å². The summed E-state index contributed by atoms with van der Waals surface area (Å²) in [5.74, 6) is 0.107. The van der Waals surface area contributed by atoms with Crippen LogP contribution < -0.4 is 10.6 Å². The van der Waals surface area contributed by atoms with Gasteiger partial charge in [-0.05, 0) is 43.9 Å². The van der Waals surface area contributed by atoms with E-state index in [1.807, 2.05) is 31.2 Å². The minimum Gasteiger partial charge on any atom is -0.355 e. The van der Waals surface area contributed by atoms with Gasteiger partial charge in [-0.2, -0.15) is 0 Å². The number of benzene rings is 1. The molecular weight excluding hydrogens is 320 g/mol. The van der Waals surface area contributed by atoms with Crippen molar-refractivity contribution < 1.29 is 9.59 Å². The van der Waals surface area contributed by atoms with Gasteiger partial charge in [0.2, 0.25) is 11.8 Å². The van der Waals surface area contributed by atoms with Gasteiger partial charge in [0.25, 0.3) is 0 Å². The van der Waals surface area contributed by atoms with Crippen molar-refractivity contribution in [3.05, 3.63) is 34.3 Å². The molecular formula is C15H19BrN2O2. The number of hydrogen-bond donors (Lipinski definition) is 2. The van der Waals surface area contributed by atoms with E-state index in [1.165, 1.54) is 5.56 Å². The van der Waals surface area contributed by atoms with Gasteiger partial charge in [-0.25, -0.2) is 0 Å². The zero-order valence-corrected chi connectivity index (χ0v) is 13.2. The average molecular weight is 339 g/mol. The van der Waals surface area contributed by atoms with Gasteiger partial charge >= 0.3 is 0 Å². The summed E-state index contributed by atoms with van der Waals surface area (Å²) in [6.07, 6.45) is 0.857. The van der Waals surface area contributed by atoms with E-state index in [4.69, 9.17) is 0 Å². The van der Waals surface area contributed by atoms with Crippen molar-refractivity contribution in [2.24, 2.45) is 5.92 Å². The van der Waals surface area contributed by atoms with Crippen LogP contribution in [0.4, 0.5) is 0 Å². The molecule has 1 aromatic carbocycles. The van der Waals surface area contributed by atoms with E-state index in [1.54, 1.807) is 6.92 Å². The normalized spacial score (nSPS) is 21.9. The second kappa shape index (κ2) is 6.39. The van der Waals surface area contributed by atoms with Crippen molar-refractivity contribution in [1.29, 1.82) is 0 Å². The molecule has 108 valence electrons. The standard InChI is InChI=1S/C15H19BrN2O2/c1-3-17-14(19)9(2)18-15(20)13-8-12(13)10-4-6-11(16)7-5-10/h4-7,9,12-13H,3,8H2,1-2H3,(H,17,19)(H,18,20)/t9-,12-,13-/m0/s1. The molecule has 0 radical (unpaired) electrons. The van der Waals surface area contributed by atoms with Crippen LogP contribution in [-0.2, 0) is 9.59 Å². The first-order valence-corrected chi connectivity index (χ1v) is 7.65. The third kappa shape index (κ3) is 3.60. The molecule has 20 heavy (non-hydrogen) atoms. The number of rotatable bonds is 5. The lowest BCUT2D eigenvalue weighted by atomic mass is 10.1. The molecule has 0 bridgehead atoms. The second-order valence-corrected chi connectivity index (χ2v) is 6.04. The smallest absolute Gasteiger partial charge is 0.242 e. The minimum atomic E-state index is -0.478. The fourth-order valence-corrected chi connectivity index (χ4v) is 2.54. The van der Waals surface area contributed by atoms with Gasteiger partial charge in [0.1, 0.15) is 6.04 Å². The largest absolute Gasteiger partial charge is 0.355 e. The van der Waals surface area contributed by atoms with Crippen LogP contribution in [0, 0.1) is 5.92 Å². The molecule has 1 aliphatic carbocycles. The molecule has 1 fully saturated rings. The predicted octanol–water partition coefficient (Wildman–Crippen LogP) is 2.19. The number of hydrogen-bond acceptors (Lipinski definition) is 2. The third-order valence-electron chi connectivity index (χ3n) is 3.53. The van der Waals surface area contributed by atoms with E-state index >= 15 is 0 Å². The summed E-state index contributed by atoms with van der Waals surface area (Å²) >= 11 is 3.40. The lowest BCUT2D eigenvalue weighted by Crippen LogP contribution is -2.45. The second-order valence-electron chi connectivity index (χ2n) is 5.13. The van der Waals surface area contributed by atoms with Crippen LogP contribution >= 0.6 is 15.9 Å². The molecule has 1 saturated carbocycles. The molecule has 5 heteroatoms. The van der Waals surface area contributed by atoms with Crippen molar-refractivity contribution in [3.63, 3.8) is 0 Å². The first-order chi connectivity index (χ1) is 9.52. The Morgan fingerprint density at radius 3 is 2.60 bits per heavy atom. The zero-order valence-electron chi connectivity index (χ0n) is 11.7. The van der Waals surface area contributed by atoms with E-state index in [9.17, 15) is 9.59 Å². The van der Waals surface area contributed by atoms with E-state index in [0.717, 1.165) is 10.9 Å². The highest BCUT2D eigenvalue weighted by Gasteiger charge is 2.44. The maximum absolute atomic E-state index is 12.1. The Hall–Kier alpha value is -1.36. The molecule has 2 N–H and O–H groups in total. The minimum absolute atomic E-state index is 0.00643. The molecule has 2 amide bonds. The van der Waals surface area contributed by atoms with Gasteiger partial charge in [0.05, 0.1) is 0 Å². The number of halogens is 1. The Morgan fingerprint density at radius 2 is 2.00 bits per heavy atom. The van der Waals surface area contributed by atoms with Crippen molar-refractivity contribution in [3.8, 4) is 0 Å². The first-order valence-electron chi connectivity index (χ1n) is 6.86. The fraction of sp³-hybridized carbons (Fsp3) is 0.467. The third-order valence-corrected chi connectivity index (χ3v) is 4.06. The first kappa shape index (κ1) is 15.0. The van der Waals surface area contributed by atoms with Crippen LogP contribution in [0.3, 0.4) is 0 Å². The van der Waals surface area contributed by atoms with Crippen LogP contribution in [0.5, 0.6) is 0 Å². The molecule has 2 rings (SSSR count). The van der Waals surface area contributed by atoms with Gasteiger partial charge in [0.15, 0.2) is 0 Å². The molecule has 3 atom stereocenters. The van der Waals surface area contributed by atoms with Crippen LogP contribution in [0.15, 0.2) is 28.7 Å². The molecule has 1 aliphatic rings. The van der Waals surface area contributed by atoms with Gasteiger partial charge in [-0.15, -0.1) is 0 Å². The quantitative estimate of drug-likeness (QED) is 0.864. The Labute approximate surface area is 127 Å². The summed E-state index contributed by atoms with van der Waals surface area (Å²) in [6, 6.07) is 7.57. The van der Waals surface area contributed by atoms with Gasteiger partial charge in [-0.1, -0.05) is 28.1 Å². The van der Waals surface area contributed by atoms with Gasteiger partial charge < -0.3 is 10.6 Å². The summed E-state index contributed by atoms with van der Waals surface area (Å²) in [6.45, 7) is 4.14. The van der Waals surface area contributed by atoms with Crippen LogP contribution in [0.25, 0.3) is 0 Å². The fourth-order valence-electron chi connectivity index (χ4n) is 2.28. The van der Waals surface area contributed by atoms with Crippen molar-refractivity contribution in [2.75, 3.05) is 6.54 Å². The lowest BCUT2D eigenvalue weighted by molar-refractivity contribution is -0.129. The average Bonchev–Trinajstić information content (AvgIpc) is 3.20. The Bertz CT molecular complexity index is 501. The predicted molar refractivity (Wildman–Crippen MR) is 81.3 cm³/mol. The summed E-state index contributed by atoms with van der Waals surface area (Å²) in [4.78, 5) is 23.7. The number of nitrogens with one attached hydrogen (secondary N) is 2. The van der Waals surface area contributed by atoms with Crippen molar-refractivity contribution in [2.45, 2.75) is 32.2 Å². The van der Waals surface area contributed by atoms with Crippen LogP contribution in [-0.4, -0.2) is 24.4 Å². The Morgan fingerprint density at radius 1 is 1.35 bits per heavy atom. The van der Waals surface area contributed by atoms with E-state index < -0.39 is 6.04 Å². The van der Waals surface area contributed by atoms with E-state index in [2.05, 4.69) is 26.6 Å². The Balaban J connectivity index is 1.87. The molecule has 1 aromatic rings. The molecule has 0 heterocycles. The van der Waals surface area contributed by atoms with Crippen molar-refractivity contribution >= 4 is 27.7 Å². The zero-order chi connectivity index (χ0) is 14.7. The van der Waals surface area contributed by atoms with E-state index in [0.29, 0.717) is 6.54 Å². The molecule has 4 nitrogen and oxygen atoms in total. The van der Waals surface area contributed by atoms with Gasteiger partial charge in [0, 0.05) is 16.9 Å². The highest BCUT2D eigenvalue weighted by molar-refractivity contribution is 9.10. The molecule has 0 spiro atoms. The number of carbonyl (C=O) groups is 2. The molecule has 0 saturated heterocycles. The molecule has 0 aromatic heterocycles. The number of likely N-dealkylation sites (N-methyl/N-ethyl adjacent to an activating group) is 1. The number of amides is 2. The number of carbonyl (C=O) groups excluding carboxylic acids is 2. The topological polar surface area (TPSA) is 58.2 Å². The summed E-state index contributed by atoms with van der Waals surface area (Å²) < 4.78 is 1.03. The molecule has 0 aliphatic heterocycles. The monoisotopic (exact) mass is 338 g/mol. The van der Waals surface area contributed by atoms with E-state index in [-0.39, 0.29) is 23.7 Å². The maximum Gasteiger partial charge on any atom is 0.242 e. The lowest BCUT2D eigenvalue weighted by Gasteiger charge is -2.13. The summed E-state index contributed by atoms with van der Waals surface area (Å²) in [7, 11) is 0.